The summed E-state index contributed by atoms with van der Waals surface area (Å²) in [6, 6.07) is 11.7. The zero-order chi connectivity index (χ0) is 20.5. The molecule has 29 heavy (non-hydrogen) atoms. The van der Waals surface area contributed by atoms with Gasteiger partial charge in [-0.2, -0.15) is 5.10 Å². The molecule has 1 amide bonds. The Bertz CT molecular complexity index is 1070. The van der Waals surface area contributed by atoms with Crippen molar-refractivity contribution in [3.05, 3.63) is 70.3 Å². The molecule has 2 N–H and O–H groups in total. The molecule has 150 valence electrons. The van der Waals surface area contributed by atoms with Gasteiger partial charge in [0.1, 0.15) is 11.6 Å². The molecule has 0 unspecified atom stereocenters. The summed E-state index contributed by atoms with van der Waals surface area (Å²) in [6.07, 6.45) is -0.103. The fourth-order valence-corrected chi connectivity index (χ4v) is 3.77. The highest BCUT2D eigenvalue weighted by Crippen LogP contribution is 2.38. The quantitative estimate of drug-likeness (QED) is 0.668. The predicted octanol–water partition coefficient (Wildman–Crippen LogP) is 3.59. The standard InChI is InChI=1S/C21H20ClFN4O2/c1-2-27-19(25-21(26-27)12-7-8-15(22)16(23)9-12)11-20(29)24-17-10-18(28)14-6-4-3-5-13(14)17/h3-9,17-18,28H,2,10-11H2,1H3,(H,24,29)/t17-,18-/m0/s1. The Kier molecular flexibility index (Phi) is 5.34. The summed E-state index contributed by atoms with van der Waals surface area (Å²) in [7, 11) is 0. The molecule has 1 aromatic heterocycles. The summed E-state index contributed by atoms with van der Waals surface area (Å²) >= 11 is 5.74. The van der Waals surface area contributed by atoms with Gasteiger partial charge in [0.25, 0.3) is 0 Å². The van der Waals surface area contributed by atoms with E-state index in [-0.39, 0.29) is 23.4 Å². The van der Waals surface area contributed by atoms with Crippen molar-refractivity contribution in [3.8, 4) is 11.4 Å². The fourth-order valence-electron chi connectivity index (χ4n) is 3.65. The number of nitrogens with one attached hydrogen (secondary N) is 1. The number of rotatable bonds is 5. The van der Waals surface area contributed by atoms with E-state index >= 15 is 0 Å². The molecule has 1 aliphatic rings. The van der Waals surface area contributed by atoms with E-state index < -0.39 is 11.9 Å². The van der Waals surface area contributed by atoms with Crippen molar-refractivity contribution >= 4 is 17.5 Å². The summed E-state index contributed by atoms with van der Waals surface area (Å²) < 4.78 is 15.4. The second kappa shape index (κ2) is 7.93. The molecule has 6 nitrogen and oxygen atoms in total. The highest BCUT2D eigenvalue weighted by Gasteiger charge is 2.30. The molecule has 4 rings (SSSR count). The Morgan fingerprint density at radius 3 is 2.79 bits per heavy atom. The fraction of sp³-hybridized carbons (Fsp3) is 0.286. The third-order valence-corrected chi connectivity index (χ3v) is 5.38. The highest BCUT2D eigenvalue weighted by molar-refractivity contribution is 6.30. The van der Waals surface area contributed by atoms with Crippen molar-refractivity contribution in [2.24, 2.45) is 0 Å². The number of aryl methyl sites for hydroxylation is 1. The Morgan fingerprint density at radius 1 is 1.31 bits per heavy atom. The van der Waals surface area contributed by atoms with Gasteiger partial charge in [-0.05, 0) is 36.2 Å². The molecule has 2 atom stereocenters. The van der Waals surface area contributed by atoms with Crippen molar-refractivity contribution in [2.45, 2.75) is 38.5 Å². The first kappa shape index (κ1) is 19.5. The van der Waals surface area contributed by atoms with Gasteiger partial charge < -0.3 is 10.4 Å². The van der Waals surface area contributed by atoms with E-state index in [0.717, 1.165) is 11.1 Å². The van der Waals surface area contributed by atoms with Crippen molar-refractivity contribution in [2.75, 3.05) is 0 Å². The third-order valence-electron chi connectivity index (χ3n) is 5.07. The number of aromatic nitrogens is 3. The zero-order valence-electron chi connectivity index (χ0n) is 15.8. The highest BCUT2D eigenvalue weighted by atomic mass is 35.5. The Labute approximate surface area is 172 Å². The number of hydrogen-bond donors (Lipinski definition) is 2. The molecule has 3 aromatic rings. The molecular weight excluding hydrogens is 395 g/mol. The zero-order valence-corrected chi connectivity index (χ0v) is 16.5. The maximum Gasteiger partial charge on any atom is 0.228 e. The Balaban J connectivity index is 1.51. The van der Waals surface area contributed by atoms with E-state index in [0.29, 0.717) is 30.2 Å². The molecule has 0 saturated heterocycles. The number of carbonyl (C=O) groups excluding carboxylic acids is 1. The largest absolute Gasteiger partial charge is 0.388 e. The van der Waals surface area contributed by atoms with Gasteiger partial charge in [-0.15, -0.1) is 0 Å². The first-order chi connectivity index (χ1) is 14.0. The molecular formula is C21H20ClFN4O2. The van der Waals surface area contributed by atoms with Gasteiger partial charge in [0.2, 0.25) is 5.91 Å². The molecule has 1 aliphatic carbocycles. The predicted molar refractivity (Wildman–Crippen MR) is 107 cm³/mol. The smallest absolute Gasteiger partial charge is 0.228 e. The van der Waals surface area contributed by atoms with Crippen LogP contribution in [0.25, 0.3) is 11.4 Å². The van der Waals surface area contributed by atoms with E-state index in [4.69, 9.17) is 11.6 Å². The maximum absolute atomic E-state index is 13.8. The molecule has 0 saturated carbocycles. The lowest BCUT2D eigenvalue weighted by Crippen LogP contribution is -2.29. The summed E-state index contributed by atoms with van der Waals surface area (Å²) in [5, 5.41) is 17.6. The first-order valence-corrected chi connectivity index (χ1v) is 9.79. The van der Waals surface area contributed by atoms with E-state index in [1.54, 1.807) is 10.7 Å². The maximum atomic E-state index is 13.8. The second-order valence-electron chi connectivity index (χ2n) is 6.97. The van der Waals surface area contributed by atoms with Crippen LogP contribution in [0, 0.1) is 5.82 Å². The molecule has 0 aliphatic heterocycles. The normalized spacial score (nSPS) is 17.9. The van der Waals surface area contributed by atoms with Crippen molar-refractivity contribution < 1.29 is 14.3 Å². The molecule has 8 heteroatoms. The van der Waals surface area contributed by atoms with Crippen molar-refractivity contribution in [1.29, 1.82) is 0 Å². The molecule has 0 spiro atoms. The SMILES string of the molecule is CCn1nc(-c2ccc(Cl)c(F)c2)nc1CC(=O)N[C@H]1C[C@H](O)c2ccccc21. The number of fused-ring (bicyclic) bond motifs is 1. The van der Waals surface area contributed by atoms with Crippen LogP contribution in [-0.4, -0.2) is 25.8 Å². The Hall–Kier alpha value is -2.77. The lowest BCUT2D eigenvalue weighted by molar-refractivity contribution is -0.121. The molecule has 1 heterocycles. The molecule has 0 bridgehead atoms. The van der Waals surface area contributed by atoms with Crippen molar-refractivity contribution in [3.63, 3.8) is 0 Å². The van der Waals surface area contributed by atoms with Crippen LogP contribution < -0.4 is 5.32 Å². The second-order valence-corrected chi connectivity index (χ2v) is 7.38. The number of aliphatic hydroxyl groups is 1. The van der Waals surface area contributed by atoms with E-state index in [1.807, 2.05) is 31.2 Å². The topological polar surface area (TPSA) is 80.0 Å². The minimum atomic E-state index is -0.581. The van der Waals surface area contributed by atoms with Crippen LogP contribution in [0.1, 0.15) is 42.4 Å². The number of amides is 1. The number of nitrogens with zero attached hydrogens (tertiary/aromatic N) is 3. The molecule has 2 aromatic carbocycles. The monoisotopic (exact) mass is 414 g/mol. The summed E-state index contributed by atoms with van der Waals surface area (Å²) in [6.45, 7) is 2.42. The average Bonchev–Trinajstić information content (AvgIpc) is 3.25. The van der Waals surface area contributed by atoms with Gasteiger partial charge >= 0.3 is 0 Å². The molecule has 0 fully saturated rings. The van der Waals surface area contributed by atoms with Gasteiger partial charge in [-0.1, -0.05) is 35.9 Å². The molecule has 0 radical (unpaired) electrons. The van der Waals surface area contributed by atoms with Gasteiger partial charge in [-0.25, -0.2) is 14.1 Å². The van der Waals surface area contributed by atoms with E-state index in [1.165, 1.54) is 12.1 Å². The van der Waals surface area contributed by atoms with Gasteiger partial charge in [0, 0.05) is 18.5 Å². The van der Waals surface area contributed by atoms with E-state index in [9.17, 15) is 14.3 Å². The lowest BCUT2D eigenvalue weighted by Gasteiger charge is -2.13. The first-order valence-electron chi connectivity index (χ1n) is 9.41. The number of benzene rings is 2. The third kappa shape index (κ3) is 3.88. The van der Waals surface area contributed by atoms with Crippen LogP contribution >= 0.6 is 11.6 Å². The van der Waals surface area contributed by atoms with Crippen LogP contribution in [0.3, 0.4) is 0 Å². The summed E-state index contributed by atoms with van der Waals surface area (Å²) in [4.78, 5) is 17.1. The minimum absolute atomic E-state index is 0.0299. The number of aliphatic hydroxyl groups excluding tert-OH is 1. The number of halogens is 2. The average molecular weight is 415 g/mol. The summed E-state index contributed by atoms with van der Waals surface area (Å²) in [5.74, 6) is 0.0682. The number of hydrogen-bond acceptors (Lipinski definition) is 4. The minimum Gasteiger partial charge on any atom is -0.388 e. The van der Waals surface area contributed by atoms with Crippen LogP contribution in [0.15, 0.2) is 42.5 Å². The lowest BCUT2D eigenvalue weighted by atomic mass is 10.1. The van der Waals surface area contributed by atoms with Crippen molar-refractivity contribution in [1.82, 2.24) is 20.1 Å². The van der Waals surface area contributed by atoms with Crippen LogP contribution in [-0.2, 0) is 17.8 Å². The van der Waals surface area contributed by atoms with Crippen LogP contribution in [0.5, 0.6) is 0 Å². The Morgan fingerprint density at radius 2 is 2.07 bits per heavy atom. The van der Waals surface area contributed by atoms with Crippen LogP contribution in [0.2, 0.25) is 5.02 Å². The number of carbonyl (C=O) groups is 1. The van der Waals surface area contributed by atoms with Gasteiger partial charge in [-0.3, -0.25) is 4.79 Å². The van der Waals surface area contributed by atoms with Crippen LogP contribution in [0.4, 0.5) is 4.39 Å². The van der Waals surface area contributed by atoms with E-state index in [2.05, 4.69) is 15.4 Å². The summed E-state index contributed by atoms with van der Waals surface area (Å²) in [5.41, 5.74) is 2.28. The van der Waals surface area contributed by atoms with Gasteiger partial charge in [0.15, 0.2) is 5.82 Å². The van der Waals surface area contributed by atoms with Gasteiger partial charge in [0.05, 0.1) is 23.6 Å².